The van der Waals surface area contributed by atoms with E-state index >= 15 is 0 Å². The zero-order chi connectivity index (χ0) is 4.99. The Bertz CT molecular complexity index is 61.2. The predicted octanol–water partition coefficient (Wildman–Crippen LogP) is -3.96. The number of carbonyl (C=O) groups excluding carboxylic acids is 1. The van der Waals surface area contributed by atoms with Crippen LogP contribution in [0.3, 0.4) is 0 Å². The Morgan fingerprint density at radius 1 is 1.56 bits per heavy atom. The van der Waals surface area contributed by atoms with E-state index in [4.69, 9.17) is 0 Å². The molecule has 0 fully saturated rings. The fourth-order valence-corrected chi connectivity index (χ4v) is 0.203. The third kappa shape index (κ3) is 32.1. The quantitative estimate of drug-likeness (QED) is 0.269. The van der Waals surface area contributed by atoms with Gasteiger partial charge in [0, 0.05) is 6.92 Å². The number of rotatable bonds is 1. The maximum atomic E-state index is 9.82. The zero-order valence-corrected chi connectivity index (χ0v) is 6.02. The molecule has 0 atom stereocenters. The molecule has 0 heterocycles. The van der Waals surface area contributed by atoms with Gasteiger partial charge in [-0.25, -0.2) is 0 Å². The van der Waals surface area contributed by atoms with E-state index < -0.39 is 0 Å². The van der Waals surface area contributed by atoms with E-state index in [1.165, 1.54) is 6.92 Å². The SMILES string of the molecule is CCOC(C)=O.O.O.[H-].[Li+]. The van der Waals surface area contributed by atoms with E-state index in [9.17, 15) is 4.79 Å². The first-order chi connectivity index (χ1) is 2.77. The van der Waals surface area contributed by atoms with E-state index in [1.54, 1.807) is 6.92 Å². The molecule has 0 aliphatic rings. The Kier molecular flexibility index (Phi) is 40.2. The van der Waals surface area contributed by atoms with Crippen LogP contribution in [-0.4, -0.2) is 23.5 Å². The first kappa shape index (κ1) is 23.1. The van der Waals surface area contributed by atoms with Gasteiger partial charge in [-0.3, -0.25) is 4.79 Å². The van der Waals surface area contributed by atoms with Gasteiger partial charge in [0.1, 0.15) is 0 Å². The predicted molar refractivity (Wildman–Crippen MR) is 30.6 cm³/mol. The molecule has 0 radical (unpaired) electrons. The smallest absolute Gasteiger partial charge is 1.00 e. The Labute approximate surface area is 67.9 Å². The van der Waals surface area contributed by atoms with Crippen molar-refractivity contribution in [3.8, 4) is 0 Å². The van der Waals surface area contributed by atoms with Crippen LogP contribution in [0.5, 0.6) is 0 Å². The molecule has 0 aliphatic carbocycles. The molecule has 54 valence electrons. The van der Waals surface area contributed by atoms with Crippen LogP contribution in [0, 0.1) is 0 Å². The van der Waals surface area contributed by atoms with Crippen LogP contribution < -0.4 is 18.9 Å². The average molecular weight is 132 g/mol. The van der Waals surface area contributed by atoms with Crippen molar-refractivity contribution in [3.05, 3.63) is 0 Å². The minimum Gasteiger partial charge on any atom is -1.00 e. The molecule has 0 aliphatic heterocycles. The summed E-state index contributed by atoms with van der Waals surface area (Å²) in [5.74, 6) is -0.211. The third-order valence-corrected chi connectivity index (χ3v) is 0.348. The molecule has 0 saturated carbocycles. The van der Waals surface area contributed by atoms with Gasteiger partial charge >= 0.3 is 24.8 Å². The van der Waals surface area contributed by atoms with Gasteiger partial charge in [-0.15, -0.1) is 0 Å². The zero-order valence-electron chi connectivity index (χ0n) is 7.02. The van der Waals surface area contributed by atoms with Crippen LogP contribution in [0.4, 0.5) is 0 Å². The minimum absolute atomic E-state index is 0. The van der Waals surface area contributed by atoms with Gasteiger partial charge < -0.3 is 17.1 Å². The molecule has 5 heteroatoms. The van der Waals surface area contributed by atoms with Crippen molar-refractivity contribution in [2.24, 2.45) is 0 Å². The number of hydrogen-bond acceptors (Lipinski definition) is 2. The van der Waals surface area contributed by atoms with Crippen LogP contribution in [0.25, 0.3) is 0 Å². The Morgan fingerprint density at radius 3 is 1.89 bits per heavy atom. The maximum absolute atomic E-state index is 9.82. The molecule has 0 aromatic carbocycles. The molecule has 0 aromatic rings. The standard InChI is InChI=1S/C4H8O2.Li.2H2O.H/c1-3-6-4(2)5;;;;/h3H2,1-2H3;;2*1H2;/q;+1;;;-1. The number of carbonyl (C=O) groups is 1. The van der Waals surface area contributed by atoms with Crippen molar-refractivity contribution in [2.75, 3.05) is 6.61 Å². The van der Waals surface area contributed by atoms with Crippen molar-refractivity contribution in [3.63, 3.8) is 0 Å². The molecule has 0 rings (SSSR count). The fourth-order valence-electron chi connectivity index (χ4n) is 0.203. The van der Waals surface area contributed by atoms with Gasteiger partial charge in [-0.05, 0) is 6.92 Å². The Morgan fingerprint density at radius 2 is 1.89 bits per heavy atom. The van der Waals surface area contributed by atoms with Gasteiger partial charge in [0.25, 0.3) is 0 Å². The van der Waals surface area contributed by atoms with Gasteiger partial charge in [-0.1, -0.05) is 0 Å². The number of hydrogen-bond donors (Lipinski definition) is 0. The van der Waals surface area contributed by atoms with E-state index in [1.807, 2.05) is 0 Å². The normalized spacial score (nSPS) is 5.11. The van der Waals surface area contributed by atoms with Crippen molar-refractivity contribution < 1.29 is 40.8 Å². The molecule has 0 spiro atoms. The molecule has 0 aromatic heterocycles. The summed E-state index contributed by atoms with van der Waals surface area (Å²) in [5, 5.41) is 0. The van der Waals surface area contributed by atoms with Crippen molar-refractivity contribution >= 4 is 5.97 Å². The van der Waals surface area contributed by atoms with E-state index in [2.05, 4.69) is 4.74 Å². The summed E-state index contributed by atoms with van der Waals surface area (Å²) >= 11 is 0. The molecular formula is C4H13LiO4. The second kappa shape index (κ2) is 15.7. The monoisotopic (exact) mass is 132 g/mol. The van der Waals surface area contributed by atoms with Crippen molar-refractivity contribution in [1.82, 2.24) is 0 Å². The molecule has 0 bridgehead atoms. The minimum atomic E-state index is -0.211. The molecule has 0 unspecified atom stereocenters. The Balaban J connectivity index is -0.0000000208. The van der Waals surface area contributed by atoms with E-state index in [0.29, 0.717) is 6.61 Å². The molecule has 9 heavy (non-hydrogen) atoms. The average Bonchev–Trinajstić information content (AvgIpc) is 1.35. The van der Waals surface area contributed by atoms with Gasteiger partial charge in [0.05, 0.1) is 6.61 Å². The van der Waals surface area contributed by atoms with Crippen LogP contribution in [-0.2, 0) is 9.53 Å². The second-order valence-electron chi connectivity index (χ2n) is 0.925. The molecule has 4 nitrogen and oxygen atoms in total. The summed E-state index contributed by atoms with van der Waals surface area (Å²) < 4.78 is 4.40. The van der Waals surface area contributed by atoms with Gasteiger partial charge in [0.15, 0.2) is 0 Å². The molecule has 4 N–H and O–H groups in total. The summed E-state index contributed by atoms with van der Waals surface area (Å²) in [7, 11) is 0. The van der Waals surface area contributed by atoms with Crippen molar-refractivity contribution in [2.45, 2.75) is 13.8 Å². The first-order valence-corrected chi connectivity index (χ1v) is 1.90. The summed E-state index contributed by atoms with van der Waals surface area (Å²) in [6.45, 7) is 3.65. The maximum Gasteiger partial charge on any atom is 1.00 e. The van der Waals surface area contributed by atoms with Crippen molar-refractivity contribution in [1.29, 1.82) is 0 Å². The summed E-state index contributed by atoms with van der Waals surface area (Å²) in [6, 6.07) is 0. The second-order valence-corrected chi connectivity index (χ2v) is 0.925. The van der Waals surface area contributed by atoms with Gasteiger partial charge in [-0.2, -0.15) is 0 Å². The molecule has 0 amide bonds. The third-order valence-electron chi connectivity index (χ3n) is 0.348. The fraction of sp³-hybridized carbons (Fsp3) is 0.750. The summed E-state index contributed by atoms with van der Waals surface area (Å²) in [4.78, 5) is 9.82. The number of ether oxygens (including phenoxy) is 1. The van der Waals surface area contributed by atoms with Crippen LogP contribution in [0.1, 0.15) is 15.3 Å². The summed E-state index contributed by atoms with van der Waals surface area (Å²) in [6.07, 6.45) is 0. The largest absolute Gasteiger partial charge is 1.00 e. The summed E-state index contributed by atoms with van der Waals surface area (Å²) in [5.41, 5.74) is 0. The van der Waals surface area contributed by atoms with E-state index in [-0.39, 0.29) is 37.2 Å². The molecule has 0 saturated heterocycles. The molecular weight excluding hydrogens is 119 g/mol. The van der Waals surface area contributed by atoms with Crippen LogP contribution >= 0.6 is 0 Å². The number of esters is 1. The van der Waals surface area contributed by atoms with Crippen LogP contribution in [0.2, 0.25) is 0 Å². The topological polar surface area (TPSA) is 89.3 Å². The van der Waals surface area contributed by atoms with E-state index in [0.717, 1.165) is 0 Å². The first-order valence-electron chi connectivity index (χ1n) is 1.90. The van der Waals surface area contributed by atoms with Gasteiger partial charge in [0.2, 0.25) is 0 Å². The Hall–Kier alpha value is -0.0126. The van der Waals surface area contributed by atoms with Crippen LogP contribution in [0.15, 0.2) is 0 Å².